The molecular formula is C13H25N3O4. The molecule has 7 nitrogen and oxygen atoms in total. The fourth-order valence-electron chi connectivity index (χ4n) is 1.31. The van der Waals surface area contributed by atoms with E-state index in [1.165, 1.54) is 0 Å². The van der Waals surface area contributed by atoms with Crippen LogP contribution in [0.3, 0.4) is 0 Å². The van der Waals surface area contributed by atoms with Crippen molar-refractivity contribution in [3.8, 4) is 0 Å². The van der Waals surface area contributed by atoms with Crippen LogP contribution >= 0.6 is 0 Å². The smallest absolute Gasteiger partial charge is 0.321 e. The summed E-state index contributed by atoms with van der Waals surface area (Å²) in [4.78, 5) is 33.7. The van der Waals surface area contributed by atoms with Gasteiger partial charge in [-0.25, -0.2) is 4.79 Å². The molecule has 0 atom stereocenters. The number of imide groups is 1. The molecule has 0 aliphatic heterocycles. The summed E-state index contributed by atoms with van der Waals surface area (Å²) in [5.41, 5.74) is 0. The summed E-state index contributed by atoms with van der Waals surface area (Å²) in [7, 11) is 0. The summed E-state index contributed by atoms with van der Waals surface area (Å²) in [6, 6.07) is -0.497. The van der Waals surface area contributed by atoms with E-state index in [1.807, 2.05) is 0 Å². The van der Waals surface area contributed by atoms with Crippen LogP contribution in [0.5, 0.6) is 0 Å². The third-order valence-electron chi connectivity index (χ3n) is 2.36. The number of hydrogen-bond acceptors (Lipinski definition) is 5. The van der Waals surface area contributed by atoms with Crippen LogP contribution in [0, 0.1) is 5.92 Å². The standard InChI is InChI=1S/C13H25N3O4/c1-4-20-12(18)6-7-14-9-11(17)16-13(19)15-8-5-10(2)3/h10,14H,4-9H2,1-3H3,(H2,15,16,17,19). The predicted octanol–water partition coefficient (Wildman–Crippen LogP) is 0.401. The maximum atomic E-state index is 11.4. The van der Waals surface area contributed by atoms with Crippen LogP contribution in [0.4, 0.5) is 4.79 Å². The number of hydrogen-bond donors (Lipinski definition) is 3. The van der Waals surface area contributed by atoms with Crippen LogP contribution in [-0.4, -0.2) is 44.1 Å². The van der Waals surface area contributed by atoms with Gasteiger partial charge in [0.1, 0.15) is 0 Å². The third-order valence-corrected chi connectivity index (χ3v) is 2.36. The molecule has 0 fully saturated rings. The molecule has 0 saturated heterocycles. The second kappa shape index (κ2) is 11.2. The van der Waals surface area contributed by atoms with E-state index in [0.717, 1.165) is 6.42 Å². The number of nitrogens with one attached hydrogen (secondary N) is 3. The molecule has 0 radical (unpaired) electrons. The first-order valence-corrected chi connectivity index (χ1v) is 6.89. The van der Waals surface area contributed by atoms with Crippen molar-refractivity contribution in [1.29, 1.82) is 0 Å². The Morgan fingerprint density at radius 1 is 1.15 bits per heavy atom. The minimum absolute atomic E-state index is 0.0169. The molecule has 0 aromatic heterocycles. The van der Waals surface area contributed by atoms with Crippen molar-refractivity contribution in [2.24, 2.45) is 5.92 Å². The molecular weight excluding hydrogens is 262 g/mol. The first kappa shape index (κ1) is 18.4. The van der Waals surface area contributed by atoms with E-state index in [1.54, 1.807) is 6.92 Å². The van der Waals surface area contributed by atoms with E-state index in [-0.39, 0.29) is 18.9 Å². The van der Waals surface area contributed by atoms with Gasteiger partial charge in [0.05, 0.1) is 19.6 Å². The van der Waals surface area contributed by atoms with Gasteiger partial charge in [0.15, 0.2) is 0 Å². The lowest BCUT2D eigenvalue weighted by Gasteiger charge is -2.08. The van der Waals surface area contributed by atoms with Gasteiger partial charge < -0.3 is 15.4 Å². The molecule has 7 heteroatoms. The normalized spacial score (nSPS) is 10.2. The van der Waals surface area contributed by atoms with E-state index in [9.17, 15) is 14.4 Å². The lowest BCUT2D eigenvalue weighted by atomic mass is 10.1. The number of ether oxygens (including phenoxy) is 1. The first-order chi connectivity index (χ1) is 9.45. The van der Waals surface area contributed by atoms with Gasteiger partial charge in [-0.1, -0.05) is 13.8 Å². The van der Waals surface area contributed by atoms with E-state index in [0.29, 0.717) is 25.6 Å². The molecule has 0 saturated carbocycles. The molecule has 3 N–H and O–H groups in total. The Morgan fingerprint density at radius 2 is 1.85 bits per heavy atom. The largest absolute Gasteiger partial charge is 0.466 e. The quantitative estimate of drug-likeness (QED) is 0.421. The fraction of sp³-hybridized carbons (Fsp3) is 0.769. The van der Waals surface area contributed by atoms with Crippen molar-refractivity contribution in [3.63, 3.8) is 0 Å². The van der Waals surface area contributed by atoms with E-state index in [4.69, 9.17) is 4.74 Å². The zero-order chi connectivity index (χ0) is 15.4. The molecule has 20 heavy (non-hydrogen) atoms. The maximum absolute atomic E-state index is 11.4. The number of esters is 1. The molecule has 0 bridgehead atoms. The van der Waals surface area contributed by atoms with Crippen molar-refractivity contribution < 1.29 is 19.1 Å². The molecule has 0 aromatic carbocycles. The lowest BCUT2D eigenvalue weighted by molar-refractivity contribution is -0.143. The molecule has 116 valence electrons. The monoisotopic (exact) mass is 287 g/mol. The predicted molar refractivity (Wildman–Crippen MR) is 75.1 cm³/mol. The molecule has 3 amide bonds. The Balaban J connectivity index is 3.57. The third kappa shape index (κ3) is 11.5. The zero-order valence-corrected chi connectivity index (χ0v) is 12.5. The van der Waals surface area contributed by atoms with Gasteiger partial charge >= 0.3 is 12.0 Å². The van der Waals surface area contributed by atoms with Gasteiger partial charge in [0.2, 0.25) is 5.91 Å². The zero-order valence-electron chi connectivity index (χ0n) is 12.5. The van der Waals surface area contributed by atoms with Crippen LogP contribution in [-0.2, 0) is 14.3 Å². The lowest BCUT2D eigenvalue weighted by Crippen LogP contribution is -2.44. The highest BCUT2D eigenvalue weighted by atomic mass is 16.5. The molecule has 0 aliphatic rings. The van der Waals surface area contributed by atoms with Crippen LogP contribution < -0.4 is 16.0 Å². The second-order valence-corrected chi connectivity index (χ2v) is 4.72. The summed E-state index contributed by atoms with van der Waals surface area (Å²) in [6.45, 7) is 7.04. The van der Waals surface area contributed by atoms with Crippen LogP contribution in [0.25, 0.3) is 0 Å². The molecule has 0 aromatic rings. The number of amides is 3. The van der Waals surface area contributed by atoms with Crippen LogP contribution in [0.15, 0.2) is 0 Å². The molecule has 0 heterocycles. The highest BCUT2D eigenvalue weighted by Crippen LogP contribution is 1.95. The van der Waals surface area contributed by atoms with Gasteiger partial charge in [-0.2, -0.15) is 0 Å². The summed E-state index contributed by atoms with van der Waals surface area (Å²) >= 11 is 0. The van der Waals surface area contributed by atoms with Crippen molar-refractivity contribution in [2.75, 3.05) is 26.2 Å². The first-order valence-electron chi connectivity index (χ1n) is 6.89. The minimum atomic E-state index is -0.497. The van der Waals surface area contributed by atoms with Crippen molar-refractivity contribution in [3.05, 3.63) is 0 Å². The van der Waals surface area contributed by atoms with E-state index >= 15 is 0 Å². The Morgan fingerprint density at radius 3 is 2.45 bits per heavy atom. The summed E-state index contributed by atoms with van der Waals surface area (Å²) in [5, 5.41) is 7.56. The fourth-order valence-corrected chi connectivity index (χ4v) is 1.31. The summed E-state index contributed by atoms with van der Waals surface area (Å²) in [5.74, 6) is -0.252. The topological polar surface area (TPSA) is 96.5 Å². The molecule has 0 spiro atoms. The minimum Gasteiger partial charge on any atom is -0.466 e. The summed E-state index contributed by atoms with van der Waals surface area (Å²) in [6.07, 6.45) is 1.06. The van der Waals surface area contributed by atoms with E-state index < -0.39 is 11.9 Å². The second-order valence-electron chi connectivity index (χ2n) is 4.72. The van der Waals surface area contributed by atoms with Gasteiger partial charge in [-0.15, -0.1) is 0 Å². The number of carbonyl (C=O) groups is 3. The molecule has 0 aliphatic carbocycles. The van der Waals surface area contributed by atoms with Crippen molar-refractivity contribution >= 4 is 17.9 Å². The average Bonchev–Trinajstić information content (AvgIpc) is 2.34. The van der Waals surface area contributed by atoms with Crippen LogP contribution in [0.2, 0.25) is 0 Å². The number of carbonyl (C=O) groups excluding carboxylic acids is 3. The Kier molecular flexibility index (Phi) is 10.3. The Hall–Kier alpha value is -1.63. The molecule has 0 unspecified atom stereocenters. The molecule has 0 rings (SSSR count). The van der Waals surface area contributed by atoms with Gasteiger partial charge in [0, 0.05) is 13.1 Å². The van der Waals surface area contributed by atoms with Gasteiger partial charge in [-0.05, 0) is 19.3 Å². The SMILES string of the molecule is CCOC(=O)CCNCC(=O)NC(=O)NCCC(C)C. The Bertz CT molecular complexity index is 319. The van der Waals surface area contributed by atoms with Crippen molar-refractivity contribution in [1.82, 2.24) is 16.0 Å². The Labute approximate surface area is 119 Å². The summed E-state index contributed by atoms with van der Waals surface area (Å²) < 4.78 is 4.73. The number of urea groups is 1. The average molecular weight is 287 g/mol. The van der Waals surface area contributed by atoms with Crippen molar-refractivity contribution in [2.45, 2.75) is 33.6 Å². The van der Waals surface area contributed by atoms with Gasteiger partial charge in [0.25, 0.3) is 0 Å². The highest BCUT2D eigenvalue weighted by molar-refractivity contribution is 5.95. The highest BCUT2D eigenvalue weighted by Gasteiger charge is 2.07. The van der Waals surface area contributed by atoms with E-state index in [2.05, 4.69) is 29.8 Å². The maximum Gasteiger partial charge on any atom is 0.321 e. The number of rotatable bonds is 9. The van der Waals surface area contributed by atoms with Crippen LogP contribution in [0.1, 0.15) is 33.6 Å². The van der Waals surface area contributed by atoms with Gasteiger partial charge in [-0.3, -0.25) is 14.9 Å².